The van der Waals surface area contributed by atoms with Crippen LogP contribution < -0.4 is 14.2 Å². The third kappa shape index (κ3) is 4.70. The van der Waals surface area contributed by atoms with Gasteiger partial charge in [-0.3, -0.25) is 4.79 Å². The number of hydrogen-bond acceptors (Lipinski definition) is 5. The third-order valence-corrected chi connectivity index (χ3v) is 3.56. The predicted molar refractivity (Wildman–Crippen MR) is 95.4 cm³/mol. The van der Waals surface area contributed by atoms with Crippen LogP contribution in [0.15, 0.2) is 42.5 Å². The number of esters is 1. The summed E-state index contributed by atoms with van der Waals surface area (Å²) < 4.78 is 15.7. The Morgan fingerprint density at radius 2 is 1.60 bits per heavy atom. The average molecular weight is 340 g/mol. The van der Waals surface area contributed by atoms with Crippen LogP contribution in [-0.2, 0) is 4.79 Å². The van der Waals surface area contributed by atoms with Crippen LogP contribution in [0.25, 0.3) is 6.08 Å². The molecule has 0 saturated heterocycles. The van der Waals surface area contributed by atoms with Crippen LogP contribution in [0.4, 0.5) is 0 Å². The standard InChI is InChI=1S/C20H20O5/c1-13-5-8-17(23-3)16(11-13)7-10-20(22)25-18-9-6-15(14(2)21)12-19(18)24-4/h5-12H,1-4H3/b10-7+. The van der Waals surface area contributed by atoms with E-state index in [0.717, 1.165) is 11.1 Å². The van der Waals surface area contributed by atoms with Crippen LogP contribution in [-0.4, -0.2) is 26.0 Å². The SMILES string of the molecule is COc1ccc(C)cc1/C=C/C(=O)Oc1ccc(C(C)=O)cc1OC. The Kier molecular flexibility index (Phi) is 5.95. The van der Waals surface area contributed by atoms with Crippen LogP contribution in [0, 0.1) is 6.92 Å². The fourth-order valence-electron chi connectivity index (χ4n) is 2.26. The van der Waals surface area contributed by atoms with Gasteiger partial charge in [-0.05, 0) is 50.3 Å². The summed E-state index contributed by atoms with van der Waals surface area (Å²) in [6.45, 7) is 3.41. The molecule has 0 fully saturated rings. The molecule has 0 N–H and O–H groups in total. The van der Waals surface area contributed by atoms with E-state index in [4.69, 9.17) is 14.2 Å². The number of carbonyl (C=O) groups is 2. The molecule has 5 heteroatoms. The summed E-state index contributed by atoms with van der Waals surface area (Å²) in [4.78, 5) is 23.5. The Morgan fingerprint density at radius 1 is 0.920 bits per heavy atom. The molecule has 25 heavy (non-hydrogen) atoms. The zero-order valence-electron chi connectivity index (χ0n) is 14.7. The van der Waals surface area contributed by atoms with Gasteiger partial charge in [0.25, 0.3) is 0 Å². The Morgan fingerprint density at radius 3 is 2.24 bits per heavy atom. The average Bonchev–Trinajstić information content (AvgIpc) is 2.60. The van der Waals surface area contributed by atoms with Crippen molar-refractivity contribution in [3.63, 3.8) is 0 Å². The molecule has 0 aliphatic rings. The van der Waals surface area contributed by atoms with E-state index in [0.29, 0.717) is 17.1 Å². The molecule has 2 rings (SSSR count). The first-order valence-corrected chi connectivity index (χ1v) is 7.68. The highest BCUT2D eigenvalue weighted by Gasteiger charge is 2.11. The molecule has 2 aromatic carbocycles. The molecule has 0 atom stereocenters. The molecular formula is C20H20O5. The minimum Gasteiger partial charge on any atom is -0.496 e. The van der Waals surface area contributed by atoms with Gasteiger partial charge in [0.15, 0.2) is 17.3 Å². The smallest absolute Gasteiger partial charge is 0.336 e. The van der Waals surface area contributed by atoms with Crippen molar-refractivity contribution in [1.29, 1.82) is 0 Å². The molecule has 0 spiro atoms. The molecule has 0 amide bonds. The molecular weight excluding hydrogens is 320 g/mol. The number of aryl methyl sites for hydroxylation is 1. The van der Waals surface area contributed by atoms with E-state index < -0.39 is 5.97 Å². The number of Topliss-reactive ketones (excluding diaryl/α,β-unsaturated/α-hetero) is 1. The zero-order chi connectivity index (χ0) is 18.4. The lowest BCUT2D eigenvalue weighted by atomic mass is 10.1. The van der Waals surface area contributed by atoms with E-state index in [2.05, 4.69) is 0 Å². The van der Waals surface area contributed by atoms with Crippen molar-refractivity contribution in [3.05, 3.63) is 59.2 Å². The first kappa shape index (κ1) is 18.3. The first-order valence-electron chi connectivity index (χ1n) is 7.68. The summed E-state index contributed by atoms with van der Waals surface area (Å²) in [7, 11) is 3.02. The highest BCUT2D eigenvalue weighted by molar-refractivity contribution is 5.95. The van der Waals surface area contributed by atoms with Gasteiger partial charge in [0.1, 0.15) is 5.75 Å². The van der Waals surface area contributed by atoms with Gasteiger partial charge in [0.05, 0.1) is 14.2 Å². The maximum Gasteiger partial charge on any atom is 0.336 e. The topological polar surface area (TPSA) is 61.8 Å². The van der Waals surface area contributed by atoms with E-state index >= 15 is 0 Å². The van der Waals surface area contributed by atoms with Crippen LogP contribution in [0.1, 0.15) is 28.4 Å². The fraction of sp³-hybridized carbons (Fsp3) is 0.200. The summed E-state index contributed by atoms with van der Waals surface area (Å²) in [5.74, 6) is 0.582. The second kappa shape index (κ2) is 8.15. The lowest BCUT2D eigenvalue weighted by Gasteiger charge is -2.09. The van der Waals surface area contributed by atoms with Gasteiger partial charge in [0, 0.05) is 17.2 Å². The van der Waals surface area contributed by atoms with Crippen LogP contribution in [0.5, 0.6) is 17.2 Å². The number of ketones is 1. The zero-order valence-corrected chi connectivity index (χ0v) is 14.7. The molecule has 0 aliphatic carbocycles. The van der Waals surface area contributed by atoms with Gasteiger partial charge in [-0.25, -0.2) is 4.79 Å². The minimum atomic E-state index is -0.558. The van der Waals surface area contributed by atoms with Crippen molar-refractivity contribution < 1.29 is 23.8 Å². The molecule has 0 unspecified atom stereocenters. The van der Waals surface area contributed by atoms with Gasteiger partial charge >= 0.3 is 5.97 Å². The number of hydrogen-bond donors (Lipinski definition) is 0. The van der Waals surface area contributed by atoms with Gasteiger partial charge in [-0.2, -0.15) is 0 Å². The minimum absolute atomic E-state index is 0.0948. The predicted octanol–water partition coefficient (Wildman–Crippen LogP) is 3.83. The number of carbonyl (C=O) groups excluding carboxylic acids is 2. The van der Waals surface area contributed by atoms with Crippen LogP contribution >= 0.6 is 0 Å². The van der Waals surface area contributed by atoms with E-state index in [9.17, 15) is 9.59 Å². The molecule has 130 valence electrons. The lowest BCUT2D eigenvalue weighted by Crippen LogP contribution is -2.06. The summed E-state index contributed by atoms with van der Waals surface area (Å²) in [5.41, 5.74) is 2.31. The van der Waals surface area contributed by atoms with Crippen molar-refractivity contribution in [3.8, 4) is 17.2 Å². The lowest BCUT2D eigenvalue weighted by molar-refractivity contribution is -0.129. The summed E-state index contributed by atoms with van der Waals surface area (Å²) in [6, 6.07) is 10.3. The number of rotatable bonds is 6. The van der Waals surface area contributed by atoms with Gasteiger partial charge in [-0.1, -0.05) is 11.6 Å². The van der Waals surface area contributed by atoms with Crippen molar-refractivity contribution in [1.82, 2.24) is 0 Å². The summed E-state index contributed by atoms with van der Waals surface area (Å²) >= 11 is 0. The molecule has 0 radical (unpaired) electrons. The Bertz CT molecular complexity index is 821. The molecule has 0 heterocycles. The van der Waals surface area contributed by atoms with E-state index in [1.807, 2.05) is 25.1 Å². The monoisotopic (exact) mass is 340 g/mol. The summed E-state index contributed by atoms with van der Waals surface area (Å²) in [5, 5.41) is 0. The van der Waals surface area contributed by atoms with Crippen molar-refractivity contribution >= 4 is 17.8 Å². The van der Waals surface area contributed by atoms with E-state index in [1.165, 1.54) is 32.2 Å². The second-order valence-corrected chi connectivity index (χ2v) is 5.42. The molecule has 0 aromatic heterocycles. The first-order chi connectivity index (χ1) is 11.9. The van der Waals surface area contributed by atoms with Crippen molar-refractivity contribution in [2.75, 3.05) is 14.2 Å². The quantitative estimate of drug-likeness (QED) is 0.346. The molecule has 2 aromatic rings. The van der Waals surface area contributed by atoms with E-state index in [-0.39, 0.29) is 11.5 Å². The molecule has 0 bridgehead atoms. The number of benzene rings is 2. The normalized spacial score (nSPS) is 10.6. The Hall–Kier alpha value is -3.08. The van der Waals surface area contributed by atoms with Crippen molar-refractivity contribution in [2.24, 2.45) is 0 Å². The Labute approximate surface area is 146 Å². The number of methoxy groups -OCH3 is 2. The van der Waals surface area contributed by atoms with Gasteiger partial charge < -0.3 is 14.2 Å². The molecule has 0 aliphatic heterocycles. The summed E-state index contributed by atoms with van der Waals surface area (Å²) in [6.07, 6.45) is 2.94. The maximum atomic E-state index is 12.1. The fourth-order valence-corrected chi connectivity index (χ4v) is 2.26. The van der Waals surface area contributed by atoms with E-state index in [1.54, 1.807) is 19.3 Å². The maximum absolute atomic E-state index is 12.1. The second-order valence-electron chi connectivity index (χ2n) is 5.42. The largest absolute Gasteiger partial charge is 0.496 e. The van der Waals surface area contributed by atoms with Gasteiger partial charge in [-0.15, -0.1) is 0 Å². The third-order valence-electron chi connectivity index (χ3n) is 3.56. The molecule has 0 saturated carbocycles. The van der Waals surface area contributed by atoms with Crippen LogP contribution in [0.2, 0.25) is 0 Å². The highest BCUT2D eigenvalue weighted by atomic mass is 16.6. The Balaban J connectivity index is 2.18. The van der Waals surface area contributed by atoms with Gasteiger partial charge in [0.2, 0.25) is 0 Å². The van der Waals surface area contributed by atoms with Crippen molar-refractivity contribution in [2.45, 2.75) is 13.8 Å². The highest BCUT2D eigenvalue weighted by Crippen LogP contribution is 2.28. The van der Waals surface area contributed by atoms with Crippen LogP contribution in [0.3, 0.4) is 0 Å². The molecule has 5 nitrogen and oxygen atoms in total. The number of ether oxygens (including phenoxy) is 3.